The minimum Gasteiger partial charge on any atom is -0.319 e. The summed E-state index contributed by atoms with van der Waals surface area (Å²) < 4.78 is 0. The van der Waals surface area contributed by atoms with Crippen molar-refractivity contribution in [3.63, 3.8) is 0 Å². The molecule has 4 amide bonds. The third kappa shape index (κ3) is 4.15. The first-order chi connectivity index (χ1) is 14.7. The minimum absolute atomic E-state index is 0.139. The highest BCUT2D eigenvalue weighted by molar-refractivity contribution is 6.10. The number of urea groups is 1. The molecule has 3 rings (SSSR count). The van der Waals surface area contributed by atoms with Gasteiger partial charge in [0.25, 0.3) is 5.91 Å². The van der Waals surface area contributed by atoms with Crippen LogP contribution in [-0.4, -0.2) is 35.8 Å². The third-order valence-electron chi connectivity index (χ3n) is 5.80. The van der Waals surface area contributed by atoms with E-state index in [0.29, 0.717) is 11.3 Å². The fraction of sp³-hybridized carbons (Fsp3) is 0.333. The molecule has 7 nitrogen and oxygen atoms in total. The Labute approximate surface area is 182 Å². The van der Waals surface area contributed by atoms with Gasteiger partial charge in [0, 0.05) is 12.2 Å². The minimum atomic E-state index is -1.24. The average Bonchev–Trinajstić information content (AvgIpc) is 2.95. The van der Waals surface area contributed by atoms with E-state index in [1.807, 2.05) is 57.2 Å². The van der Waals surface area contributed by atoms with Gasteiger partial charge in [-0.15, -0.1) is 0 Å². The van der Waals surface area contributed by atoms with Crippen LogP contribution in [0.15, 0.2) is 42.5 Å². The van der Waals surface area contributed by atoms with Crippen molar-refractivity contribution in [3.05, 3.63) is 64.7 Å². The Bertz CT molecular complexity index is 1090. The van der Waals surface area contributed by atoms with Crippen LogP contribution in [0.5, 0.6) is 0 Å². The highest BCUT2D eigenvalue weighted by atomic mass is 16.2. The van der Waals surface area contributed by atoms with E-state index < -0.39 is 29.9 Å². The molecule has 1 atom stereocenters. The van der Waals surface area contributed by atoms with Crippen LogP contribution in [0.1, 0.15) is 35.6 Å². The SMILES string of the molecule is Cc1ccc(N(CCC#N)C(=O)CN2C(=O)NC(C)(c3ccccc3C)C2=O)cc1C. The first kappa shape index (κ1) is 22.0. The Morgan fingerprint density at radius 3 is 2.45 bits per heavy atom. The van der Waals surface area contributed by atoms with Crippen molar-refractivity contribution in [2.24, 2.45) is 0 Å². The number of hydrogen-bond donors (Lipinski definition) is 1. The lowest BCUT2D eigenvalue weighted by atomic mass is 9.88. The van der Waals surface area contributed by atoms with Crippen molar-refractivity contribution >= 4 is 23.5 Å². The second kappa shape index (κ2) is 8.60. The quantitative estimate of drug-likeness (QED) is 0.728. The zero-order valence-corrected chi connectivity index (χ0v) is 18.2. The molecule has 1 N–H and O–H groups in total. The van der Waals surface area contributed by atoms with E-state index in [1.54, 1.807) is 19.1 Å². The van der Waals surface area contributed by atoms with Gasteiger partial charge in [-0.1, -0.05) is 30.3 Å². The summed E-state index contributed by atoms with van der Waals surface area (Å²) >= 11 is 0. The van der Waals surface area contributed by atoms with Crippen LogP contribution in [0.2, 0.25) is 0 Å². The number of nitrogens with one attached hydrogen (secondary N) is 1. The van der Waals surface area contributed by atoms with Crippen LogP contribution in [0.3, 0.4) is 0 Å². The van der Waals surface area contributed by atoms with E-state index in [9.17, 15) is 14.4 Å². The molecule has 0 aliphatic carbocycles. The average molecular weight is 418 g/mol. The number of imide groups is 1. The largest absolute Gasteiger partial charge is 0.325 e. The number of nitrogens with zero attached hydrogens (tertiary/aromatic N) is 3. The second-order valence-electron chi connectivity index (χ2n) is 7.98. The molecule has 1 fully saturated rings. The molecule has 1 unspecified atom stereocenters. The van der Waals surface area contributed by atoms with Crippen molar-refractivity contribution in [2.75, 3.05) is 18.0 Å². The number of nitriles is 1. The Morgan fingerprint density at radius 1 is 1.10 bits per heavy atom. The van der Waals surface area contributed by atoms with Gasteiger partial charge in [-0.05, 0) is 62.1 Å². The second-order valence-corrected chi connectivity index (χ2v) is 7.98. The van der Waals surface area contributed by atoms with Gasteiger partial charge in [-0.3, -0.25) is 14.5 Å². The van der Waals surface area contributed by atoms with E-state index in [2.05, 4.69) is 5.32 Å². The fourth-order valence-corrected chi connectivity index (χ4v) is 3.83. The summed E-state index contributed by atoms with van der Waals surface area (Å²) in [5.74, 6) is -0.892. The summed E-state index contributed by atoms with van der Waals surface area (Å²) in [6, 6.07) is 14.4. The molecular formula is C24H26N4O3. The molecule has 1 aliphatic rings. The number of anilines is 1. The smallest absolute Gasteiger partial charge is 0.319 e. The van der Waals surface area contributed by atoms with Crippen LogP contribution < -0.4 is 10.2 Å². The first-order valence-corrected chi connectivity index (χ1v) is 10.1. The summed E-state index contributed by atoms with van der Waals surface area (Å²) in [6.07, 6.45) is 0.139. The maximum Gasteiger partial charge on any atom is 0.325 e. The van der Waals surface area contributed by atoms with Gasteiger partial charge in [0.05, 0.1) is 12.5 Å². The number of benzene rings is 2. The van der Waals surface area contributed by atoms with Crippen LogP contribution in [0.25, 0.3) is 0 Å². The molecule has 1 aliphatic heterocycles. The van der Waals surface area contributed by atoms with E-state index in [4.69, 9.17) is 5.26 Å². The molecule has 0 radical (unpaired) electrons. The fourth-order valence-electron chi connectivity index (χ4n) is 3.83. The Morgan fingerprint density at radius 2 is 1.81 bits per heavy atom. The van der Waals surface area contributed by atoms with Crippen LogP contribution in [0, 0.1) is 32.1 Å². The van der Waals surface area contributed by atoms with Gasteiger partial charge < -0.3 is 10.2 Å². The zero-order chi connectivity index (χ0) is 22.8. The van der Waals surface area contributed by atoms with Gasteiger partial charge in [-0.2, -0.15) is 5.26 Å². The lowest BCUT2D eigenvalue weighted by Gasteiger charge is -2.26. The molecule has 2 aromatic carbocycles. The molecular weight excluding hydrogens is 392 g/mol. The van der Waals surface area contributed by atoms with Crippen molar-refractivity contribution < 1.29 is 14.4 Å². The molecule has 160 valence electrons. The summed E-state index contributed by atoms with van der Waals surface area (Å²) in [7, 11) is 0. The van der Waals surface area contributed by atoms with Crippen molar-refractivity contribution in [3.8, 4) is 6.07 Å². The van der Waals surface area contributed by atoms with Gasteiger partial charge in [0.1, 0.15) is 12.1 Å². The molecule has 7 heteroatoms. The number of hydrogen-bond acceptors (Lipinski definition) is 4. The summed E-state index contributed by atoms with van der Waals surface area (Å²) in [5, 5.41) is 11.8. The molecule has 0 bridgehead atoms. The van der Waals surface area contributed by atoms with E-state index in [1.165, 1.54) is 4.90 Å². The number of amides is 4. The van der Waals surface area contributed by atoms with Gasteiger partial charge in [-0.25, -0.2) is 4.79 Å². The zero-order valence-electron chi connectivity index (χ0n) is 18.2. The number of carbonyl (C=O) groups is 3. The van der Waals surface area contributed by atoms with Crippen LogP contribution in [0.4, 0.5) is 10.5 Å². The van der Waals surface area contributed by atoms with Crippen molar-refractivity contribution in [2.45, 2.75) is 39.7 Å². The molecule has 0 spiro atoms. The molecule has 31 heavy (non-hydrogen) atoms. The predicted molar refractivity (Wildman–Crippen MR) is 117 cm³/mol. The Kier molecular flexibility index (Phi) is 6.11. The van der Waals surface area contributed by atoms with Crippen molar-refractivity contribution in [1.29, 1.82) is 5.26 Å². The summed E-state index contributed by atoms with van der Waals surface area (Å²) in [6.45, 7) is 7.21. The van der Waals surface area contributed by atoms with E-state index in [0.717, 1.165) is 21.6 Å². The molecule has 0 aromatic heterocycles. The highest BCUT2D eigenvalue weighted by Gasteiger charge is 2.50. The maximum absolute atomic E-state index is 13.2. The maximum atomic E-state index is 13.2. The van der Waals surface area contributed by atoms with Crippen molar-refractivity contribution in [1.82, 2.24) is 10.2 Å². The lowest BCUT2D eigenvalue weighted by molar-refractivity contribution is -0.134. The van der Waals surface area contributed by atoms with Gasteiger partial charge in [0.15, 0.2) is 0 Å². The normalized spacial score (nSPS) is 18.0. The third-order valence-corrected chi connectivity index (χ3v) is 5.80. The topological polar surface area (TPSA) is 93.5 Å². The molecule has 1 heterocycles. The number of aryl methyl sites for hydroxylation is 3. The number of carbonyl (C=O) groups excluding carboxylic acids is 3. The van der Waals surface area contributed by atoms with Gasteiger partial charge in [0.2, 0.25) is 5.91 Å². The van der Waals surface area contributed by atoms with Crippen LogP contribution >= 0.6 is 0 Å². The van der Waals surface area contributed by atoms with Crippen LogP contribution in [-0.2, 0) is 15.1 Å². The predicted octanol–water partition coefficient (Wildman–Crippen LogP) is 3.33. The van der Waals surface area contributed by atoms with E-state index in [-0.39, 0.29) is 13.0 Å². The molecule has 2 aromatic rings. The molecule has 0 saturated carbocycles. The first-order valence-electron chi connectivity index (χ1n) is 10.1. The Balaban J connectivity index is 1.87. The number of rotatable bonds is 6. The monoisotopic (exact) mass is 418 g/mol. The molecule has 1 saturated heterocycles. The lowest BCUT2D eigenvalue weighted by Crippen LogP contribution is -2.45. The standard InChI is InChI=1S/C24H26N4O3/c1-16-10-11-19(14-18(16)3)27(13-7-12-25)21(29)15-28-22(30)24(4,26-23(28)31)20-9-6-5-8-17(20)2/h5-6,8-11,14H,7,13,15H2,1-4H3,(H,26,31). The van der Waals surface area contributed by atoms with E-state index >= 15 is 0 Å². The van der Waals surface area contributed by atoms with Gasteiger partial charge >= 0.3 is 6.03 Å². The Hall–Kier alpha value is -3.66. The summed E-state index contributed by atoms with van der Waals surface area (Å²) in [4.78, 5) is 41.4. The summed E-state index contributed by atoms with van der Waals surface area (Å²) in [5.41, 5.74) is 3.06. The highest BCUT2D eigenvalue weighted by Crippen LogP contribution is 2.31.